The van der Waals surface area contributed by atoms with Crippen molar-refractivity contribution in [3.63, 3.8) is 0 Å². The van der Waals surface area contributed by atoms with Gasteiger partial charge in [-0.05, 0) is 30.2 Å². The van der Waals surface area contributed by atoms with E-state index in [4.69, 9.17) is 26.8 Å². The van der Waals surface area contributed by atoms with E-state index in [0.29, 0.717) is 31.3 Å². The second-order valence-corrected chi connectivity index (χ2v) is 4.47. The topological polar surface area (TPSA) is 56.8 Å². The number of rotatable bonds is 5. The van der Waals surface area contributed by atoms with Crippen molar-refractivity contribution in [2.45, 2.75) is 12.5 Å². The molecule has 0 amide bonds. The maximum atomic E-state index is 13.1. The summed E-state index contributed by atoms with van der Waals surface area (Å²) in [6.45, 7) is 1.38. The van der Waals surface area contributed by atoms with Crippen molar-refractivity contribution in [2.24, 2.45) is 10.7 Å². The second kappa shape index (κ2) is 6.02. The van der Waals surface area contributed by atoms with Crippen LogP contribution in [-0.2, 0) is 15.9 Å². The fraction of sp³-hybridized carbons (Fsp3) is 0.417. The Morgan fingerprint density at radius 2 is 2.33 bits per heavy atom. The van der Waals surface area contributed by atoms with Crippen molar-refractivity contribution in [2.75, 3.05) is 19.8 Å². The number of amidine groups is 1. The first-order valence-electron chi connectivity index (χ1n) is 5.62. The molecule has 0 aliphatic carbocycles. The fourth-order valence-electron chi connectivity index (χ4n) is 1.69. The molecule has 0 unspecified atom stereocenters. The van der Waals surface area contributed by atoms with Crippen LogP contribution in [0, 0.1) is 5.82 Å². The van der Waals surface area contributed by atoms with Crippen molar-refractivity contribution in [3.05, 3.63) is 34.6 Å². The van der Waals surface area contributed by atoms with Crippen LogP contribution in [-0.4, -0.2) is 31.9 Å². The predicted octanol–water partition coefficient (Wildman–Crippen LogP) is 1.75. The Labute approximate surface area is 110 Å². The monoisotopic (exact) mass is 272 g/mol. The number of hydrogen-bond donors (Lipinski definition) is 1. The smallest absolute Gasteiger partial charge is 0.282 e. The molecule has 0 fully saturated rings. The maximum absolute atomic E-state index is 13.1. The van der Waals surface area contributed by atoms with Gasteiger partial charge in [-0.2, -0.15) is 0 Å². The standard InChI is InChI=1S/C12H14ClFN2O2/c13-9-3-8(4-10(14)5-9)1-2-17-6-11-7-18-12(15)16-11/h3-5,11H,1-2,6-7H2,(H2,15,16)/t11-/m0/s1. The van der Waals surface area contributed by atoms with Crippen LogP contribution < -0.4 is 5.73 Å². The van der Waals surface area contributed by atoms with Gasteiger partial charge in [-0.1, -0.05) is 11.6 Å². The lowest BCUT2D eigenvalue weighted by molar-refractivity contribution is 0.115. The first-order valence-corrected chi connectivity index (χ1v) is 6.00. The van der Waals surface area contributed by atoms with Gasteiger partial charge in [-0.25, -0.2) is 9.38 Å². The summed E-state index contributed by atoms with van der Waals surface area (Å²) >= 11 is 5.75. The maximum Gasteiger partial charge on any atom is 0.282 e. The molecule has 1 aromatic rings. The van der Waals surface area contributed by atoms with Crippen LogP contribution in [0.1, 0.15) is 5.56 Å². The Bertz CT molecular complexity index is 433. The van der Waals surface area contributed by atoms with E-state index in [1.807, 2.05) is 0 Å². The SMILES string of the molecule is NC1=N[C@@H](COCCc2cc(F)cc(Cl)c2)CO1. The Hall–Kier alpha value is -1.33. The van der Waals surface area contributed by atoms with Crippen molar-refractivity contribution in [1.29, 1.82) is 0 Å². The summed E-state index contributed by atoms with van der Waals surface area (Å²) < 4.78 is 23.5. The van der Waals surface area contributed by atoms with Gasteiger partial charge < -0.3 is 15.2 Å². The molecule has 0 spiro atoms. The van der Waals surface area contributed by atoms with Crippen LogP contribution in [0.4, 0.5) is 4.39 Å². The minimum atomic E-state index is -0.334. The lowest BCUT2D eigenvalue weighted by Gasteiger charge is -2.07. The van der Waals surface area contributed by atoms with E-state index in [0.717, 1.165) is 5.56 Å². The number of aliphatic imine (C=N–C) groups is 1. The molecule has 98 valence electrons. The van der Waals surface area contributed by atoms with Gasteiger partial charge in [0.1, 0.15) is 18.5 Å². The molecule has 1 aliphatic heterocycles. The first-order chi connectivity index (χ1) is 8.63. The van der Waals surface area contributed by atoms with Gasteiger partial charge in [0.25, 0.3) is 6.02 Å². The van der Waals surface area contributed by atoms with E-state index < -0.39 is 0 Å². The predicted molar refractivity (Wildman–Crippen MR) is 67.3 cm³/mol. The lowest BCUT2D eigenvalue weighted by Crippen LogP contribution is -2.16. The Kier molecular flexibility index (Phi) is 4.38. The van der Waals surface area contributed by atoms with E-state index in [1.54, 1.807) is 6.07 Å². The van der Waals surface area contributed by atoms with E-state index in [9.17, 15) is 4.39 Å². The first kappa shape index (κ1) is 13.1. The zero-order chi connectivity index (χ0) is 13.0. The van der Waals surface area contributed by atoms with Crippen LogP contribution in [0.3, 0.4) is 0 Å². The Morgan fingerprint density at radius 3 is 3.00 bits per heavy atom. The third-order valence-corrected chi connectivity index (χ3v) is 2.72. The van der Waals surface area contributed by atoms with Crippen LogP contribution in [0.25, 0.3) is 0 Å². The highest BCUT2D eigenvalue weighted by atomic mass is 35.5. The van der Waals surface area contributed by atoms with Gasteiger partial charge in [0, 0.05) is 5.02 Å². The third-order valence-electron chi connectivity index (χ3n) is 2.50. The summed E-state index contributed by atoms with van der Waals surface area (Å²) in [5.74, 6) is -0.334. The van der Waals surface area contributed by atoms with Crippen molar-refractivity contribution in [3.8, 4) is 0 Å². The Balaban J connectivity index is 1.72. The summed E-state index contributed by atoms with van der Waals surface area (Å²) in [5.41, 5.74) is 6.18. The van der Waals surface area contributed by atoms with Crippen molar-refractivity contribution >= 4 is 17.6 Å². The molecule has 0 saturated heterocycles. The molecule has 18 heavy (non-hydrogen) atoms. The number of halogens is 2. The average Bonchev–Trinajstić information content (AvgIpc) is 2.69. The molecule has 1 aromatic carbocycles. The zero-order valence-corrected chi connectivity index (χ0v) is 10.5. The summed E-state index contributed by atoms with van der Waals surface area (Å²) in [6.07, 6.45) is 0.601. The number of benzene rings is 1. The molecular formula is C12H14ClFN2O2. The van der Waals surface area contributed by atoms with Gasteiger partial charge in [-0.3, -0.25) is 0 Å². The summed E-state index contributed by atoms with van der Waals surface area (Å²) in [7, 11) is 0. The van der Waals surface area contributed by atoms with Crippen LogP contribution in [0.5, 0.6) is 0 Å². The molecule has 0 radical (unpaired) electrons. The highest BCUT2D eigenvalue weighted by Crippen LogP contribution is 2.14. The minimum absolute atomic E-state index is 0.0407. The average molecular weight is 273 g/mol. The van der Waals surface area contributed by atoms with Crippen LogP contribution >= 0.6 is 11.6 Å². The molecular weight excluding hydrogens is 259 g/mol. The van der Waals surface area contributed by atoms with Crippen LogP contribution in [0.15, 0.2) is 23.2 Å². The molecule has 0 aromatic heterocycles. The second-order valence-electron chi connectivity index (χ2n) is 4.03. The molecule has 1 aliphatic rings. The van der Waals surface area contributed by atoms with Crippen LogP contribution in [0.2, 0.25) is 5.02 Å². The van der Waals surface area contributed by atoms with Crippen molar-refractivity contribution < 1.29 is 13.9 Å². The van der Waals surface area contributed by atoms with Gasteiger partial charge in [-0.15, -0.1) is 0 Å². The molecule has 0 bridgehead atoms. The summed E-state index contributed by atoms with van der Waals surface area (Å²) in [6, 6.07) is 4.62. The summed E-state index contributed by atoms with van der Waals surface area (Å²) in [5, 5.41) is 0.395. The number of nitrogens with zero attached hydrogens (tertiary/aromatic N) is 1. The molecule has 6 heteroatoms. The molecule has 2 N–H and O–H groups in total. The van der Waals surface area contributed by atoms with E-state index >= 15 is 0 Å². The lowest BCUT2D eigenvalue weighted by atomic mass is 10.1. The minimum Gasteiger partial charge on any atom is -0.463 e. The number of ether oxygens (including phenoxy) is 2. The molecule has 0 saturated carbocycles. The highest BCUT2D eigenvalue weighted by molar-refractivity contribution is 6.30. The quantitative estimate of drug-likeness (QED) is 0.831. The molecule has 4 nitrogen and oxygen atoms in total. The number of hydrogen-bond acceptors (Lipinski definition) is 4. The zero-order valence-electron chi connectivity index (χ0n) is 9.73. The number of nitrogens with two attached hydrogens (primary N) is 1. The van der Waals surface area contributed by atoms with Gasteiger partial charge >= 0.3 is 0 Å². The third kappa shape index (κ3) is 3.85. The normalized spacial score (nSPS) is 18.6. The molecule has 2 rings (SSSR count). The molecule has 1 atom stereocenters. The van der Waals surface area contributed by atoms with E-state index in [-0.39, 0.29) is 17.9 Å². The van der Waals surface area contributed by atoms with E-state index in [2.05, 4.69) is 4.99 Å². The van der Waals surface area contributed by atoms with Gasteiger partial charge in [0.2, 0.25) is 0 Å². The fourth-order valence-corrected chi connectivity index (χ4v) is 1.93. The van der Waals surface area contributed by atoms with Gasteiger partial charge in [0.15, 0.2) is 0 Å². The van der Waals surface area contributed by atoms with E-state index in [1.165, 1.54) is 12.1 Å². The Morgan fingerprint density at radius 1 is 1.50 bits per heavy atom. The molecule has 1 heterocycles. The van der Waals surface area contributed by atoms with Crippen molar-refractivity contribution in [1.82, 2.24) is 0 Å². The largest absolute Gasteiger partial charge is 0.463 e. The summed E-state index contributed by atoms with van der Waals surface area (Å²) in [4.78, 5) is 4.03. The highest BCUT2D eigenvalue weighted by Gasteiger charge is 2.16. The van der Waals surface area contributed by atoms with Gasteiger partial charge in [0.05, 0.1) is 13.2 Å².